The number of guanidine groups is 1. The quantitative estimate of drug-likeness (QED) is 0.358. The zero-order valence-corrected chi connectivity index (χ0v) is 9.19. The van der Waals surface area contributed by atoms with Gasteiger partial charge >= 0.3 is 0 Å². The number of nitrogens with zero attached hydrogens (tertiary/aromatic N) is 2. The summed E-state index contributed by atoms with van der Waals surface area (Å²) in [5.74, 6) is 0.0300. The zero-order valence-electron chi connectivity index (χ0n) is 9.19. The molecule has 0 unspecified atom stereocenters. The zero-order chi connectivity index (χ0) is 12.1. The summed E-state index contributed by atoms with van der Waals surface area (Å²) in [7, 11) is 0. The van der Waals surface area contributed by atoms with Crippen LogP contribution in [0.2, 0.25) is 0 Å². The standard InChI is InChI=1S/C13H13N3O/c14-13(15-17)16(11-7-3-1-4-8-11)12-9-5-2-6-10-12/h1-10,17H,(H2,14,15). The minimum absolute atomic E-state index is 0.0300. The van der Waals surface area contributed by atoms with Crippen molar-refractivity contribution in [3.8, 4) is 0 Å². The Morgan fingerprint density at radius 2 is 1.29 bits per heavy atom. The van der Waals surface area contributed by atoms with Crippen molar-refractivity contribution in [2.24, 2.45) is 10.9 Å². The van der Waals surface area contributed by atoms with Gasteiger partial charge in [0.2, 0.25) is 5.96 Å². The second-order valence-corrected chi connectivity index (χ2v) is 3.46. The molecule has 4 nitrogen and oxygen atoms in total. The highest BCUT2D eigenvalue weighted by molar-refractivity contribution is 6.01. The fourth-order valence-electron chi connectivity index (χ4n) is 1.61. The highest BCUT2D eigenvalue weighted by atomic mass is 16.4. The molecule has 0 spiro atoms. The molecule has 0 bridgehead atoms. The molecule has 4 heteroatoms. The van der Waals surface area contributed by atoms with Crippen molar-refractivity contribution in [3.63, 3.8) is 0 Å². The van der Waals surface area contributed by atoms with Gasteiger partial charge in [-0.15, -0.1) is 0 Å². The van der Waals surface area contributed by atoms with Gasteiger partial charge < -0.3 is 10.9 Å². The van der Waals surface area contributed by atoms with Crippen LogP contribution in [0.4, 0.5) is 11.4 Å². The van der Waals surface area contributed by atoms with Crippen molar-refractivity contribution in [2.75, 3.05) is 4.90 Å². The molecule has 0 radical (unpaired) electrons. The molecule has 0 aliphatic heterocycles. The SMILES string of the molecule is N/C(=N\O)N(c1ccccc1)c1ccccc1. The third kappa shape index (κ3) is 2.36. The Bertz CT molecular complexity index is 457. The van der Waals surface area contributed by atoms with E-state index in [0.717, 1.165) is 11.4 Å². The number of benzene rings is 2. The maximum Gasteiger partial charge on any atom is 0.242 e. The molecule has 2 rings (SSSR count). The summed E-state index contributed by atoms with van der Waals surface area (Å²) in [6.45, 7) is 0. The fraction of sp³-hybridized carbons (Fsp3) is 0. The summed E-state index contributed by atoms with van der Waals surface area (Å²) < 4.78 is 0. The van der Waals surface area contributed by atoms with Gasteiger partial charge in [-0.25, -0.2) is 0 Å². The number of hydrogen-bond acceptors (Lipinski definition) is 2. The number of anilines is 2. The van der Waals surface area contributed by atoms with Gasteiger partial charge in [0.15, 0.2) is 0 Å². The topological polar surface area (TPSA) is 61.9 Å². The van der Waals surface area contributed by atoms with Crippen LogP contribution in [-0.2, 0) is 0 Å². The normalized spacial score (nSPS) is 11.2. The van der Waals surface area contributed by atoms with E-state index >= 15 is 0 Å². The summed E-state index contributed by atoms with van der Waals surface area (Å²) >= 11 is 0. The Balaban J connectivity index is 2.47. The van der Waals surface area contributed by atoms with E-state index in [-0.39, 0.29) is 5.96 Å². The lowest BCUT2D eigenvalue weighted by Gasteiger charge is -2.22. The Morgan fingerprint density at radius 3 is 1.65 bits per heavy atom. The number of nitrogens with two attached hydrogens (primary N) is 1. The van der Waals surface area contributed by atoms with E-state index in [1.807, 2.05) is 60.7 Å². The van der Waals surface area contributed by atoms with E-state index in [1.165, 1.54) is 0 Å². The van der Waals surface area contributed by atoms with E-state index in [4.69, 9.17) is 10.9 Å². The summed E-state index contributed by atoms with van der Waals surface area (Å²) in [6, 6.07) is 19.0. The maximum atomic E-state index is 8.85. The van der Waals surface area contributed by atoms with Crippen molar-refractivity contribution >= 4 is 17.3 Å². The first-order chi connectivity index (χ1) is 8.33. The van der Waals surface area contributed by atoms with Gasteiger partial charge in [0.1, 0.15) is 0 Å². The molecule has 0 atom stereocenters. The van der Waals surface area contributed by atoms with Gasteiger partial charge in [-0.2, -0.15) is 0 Å². The molecule has 2 aromatic carbocycles. The molecule has 0 saturated carbocycles. The largest absolute Gasteiger partial charge is 0.408 e. The molecular weight excluding hydrogens is 214 g/mol. The first-order valence-electron chi connectivity index (χ1n) is 5.20. The van der Waals surface area contributed by atoms with Gasteiger partial charge in [0.25, 0.3) is 0 Å². The molecule has 0 heterocycles. The van der Waals surface area contributed by atoms with Crippen molar-refractivity contribution in [1.82, 2.24) is 0 Å². The van der Waals surface area contributed by atoms with E-state index in [1.54, 1.807) is 4.90 Å². The van der Waals surface area contributed by atoms with Crippen molar-refractivity contribution < 1.29 is 5.21 Å². The molecule has 3 N–H and O–H groups in total. The smallest absolute Gasteiger partial charge is 0.242 e. The van der Waals surface area contributed by atoms with Crippen LogP contribution >= 0.6 is 0 Å². The van der Waals surface area contributed by atoms with Crippen molar-refractivity contribution in [1.29, 1.82) is 0 Å². The Hall–Kier alpha value is -2.49. The maximum absolute atomic E-state index is 8.85. The second-order valence-electron chi connectivity index (χ2n) is 3.46. The average molecular weight is 227 g/mol. The van der Waals surface area contributed by atoms with Gasteiger partial charge in [0, 0.05) is 11.4 Å². The van der Waals surface area contributed by atoms with Crippen LogP contribution in [0, 0.1) is 0 Å². The highest BCUT2D eigenvalue weighted by Gasteiger charge is 2.12. The minimum Gasteiger partial charge on any atom is -0.408 e. The third-order valence-electron chi connectivity index (χ3n) is 2.36. The molecule has 2 aromatic rings. The lowest BCUT2D eigenvalue weighted by Crippen LogP contribution is -2.33. The van der Waals surface area contributed by atoms with Crippen LogP contribution < -0.4 is 10.6 Å². The lowest BCUT2D eigenvalue weighted by atomic mass is 10.2. The number of rotatable bonds is 2. The molecule has 0 saturated heterocycles. The van der Waals surface area contributed by atoms with Crippen LogP contribution in [0.25, 0.3) is 0 Å². The Labute approximate surface area is 99.6 Å². The summed E-state index contributed by atoms with van der Waals surface area (Å²) in [6.07, 6.45) is 0. The van der Waals surface area contributed by atoms with Crippen LogP contribution in [0.15, 0.2) is 65.8 Å². The van der Waals surface area contributed by atoms with Gasteiger partial charge in [-0.3, -0.25) is 4.90 Å². The average Bonchev–Trinajstić information content (AvgIpc) is 2.41. The van der Waals surface area contributed by atoms with Crippen LogP contribution in [-0.4, -0.2) is 11.2 Å². The van der Waals surface area contributed by atoms with Crippen molar-refractivity contribution in [2.45, 2.75) is 0 Å². The summed E-state index contributed by atoms with van der Waals surface area (Å²) in [5.41, 5.74) is 7.39. The van der Waals surface area contributed by atoms with Crippen LogP contribution in [0.1, 0.15) is 0 Å². The van der Waals surface area contributed by atoms with Gasteiger partial charge in [0.05, 0.1) is 0 Å². The van der Waals surface area contributed by atoms with Gasteiger partial charge in [-0.1, -0.05) is 41.6 Å². The molecule has 0 amide bonds. The van der Waals surface area contributed by atoms with Crippen LogP contribution in [0.3, 0.4) is 0 Å². The monoisotopic (exact) mass is 227 g/mol. The number of oxime groups is 1. The molecule has 86 valence electrons. The third-order valence-corrected chi connectivity index (χ3v) is 2.36. The van der Waals surface area contributed by atoms with E-state index in [9.17, 15) is 0 Å². The Kier molecular flexibility index (Phi) is 3.25. The molecule has 0 aliphatic rings. The second kappa shape index (κ2) is 5.03. The highest BCUT2D eigenvalue weighted by Crippen LogP contribution is 2.24. The predicted octanol–water partition coefficient (Wildman–Crippen LogP) is 2.53. The predicted molar refractivity (Wildman–Crippen MR) is 68.4 cm³/mol. The van der Waals surface area contributed by atoms with Gasteiger partial charge in [-0.05, 0) is 24.3 Å². The molecule has 0 aliphatic carbocycles. The lowest BCUT2D eigenvalue weighted by molar-refractivity contribution is 0.317. The van der Waals surface area contributed by atoms with E-state index in [0.29, 0.717) is 0 Å². The fourth-order valence-corrected chi connectivity index (χ4v) is 1.61. The van der Waals surface area contributed by atoms with Crippen molar-refractivity contribution in [3.05, 3.63) is 60.7 Å². The van der Waals surface area contributed by atoms with E-state index < -0.39 is 0 Å². The molecule has 0 fully saturated rings. The molecule has 0 aromatic heterocycles. The first-order valence-corrected chi connectivity index (χ1v) is 5.20. The summed E-state index contributed by atoms with van der Waals surface area (Å²) in [5, 5.41) is 11.9. The molecular formula is C13H13N3O. The Morgan fingerprint density at radius 1 is 0.882 bits per heavy atom. The number of para-hydroxylation sites is 2. The number of hydrogen-bond donors (Lipinski definition) is 2. The van der Waals surface area contributed by atoms with Crippen LogP contribution in [0.5, 0.6) is 0 Å². The first kappa shape index (κ1) is 11.0. The minimum atomic E-state index is 0.0300. The molecule has 17 heavy (non-hydrogen) atoms. The summed E-state index contributed by atoms with van der Waals surface area (Å²) in [4.78, 5) is 1.67. The van der Waals surface area contributed by atoms with E-state index in [2.05, 4.69) is 5.16 Å².